The molecule has 0 amide bonds. The first-order chi connectivity index (χ1) is 6.34. The first-order valence-corrected chi connectivity index (χ1v) is 5.13. The summed E-state index contributed by atoms with van der Waals surface area (Å²) in [6, 6.07) is 11.0. The molecule has 0 bridgehead atoms. The van der Waals surface area contributed by atoms with Crippen molar-refractivity contribution in [2.75, 3.05) is 6.54 Å². The third kappa shape index (κ3) is 4.69. The summed E-state index contributed by atoms with van der Waals surface area (Å²) in [5.74, 6) is 0. The van der Waals surface area contributed by atoms with E-state index in [9.17, 15) is 0 Å². The van der Waals surface area contributed by atoms with Crippen molar-refractivity contribution in [3.8, 4) is 0 Å². The summed E-state index contributed by atoms with van der Waals surface area (Å²) in [5.41, 5.74) is 1.36. The second-order valence-corrected chi connectivity index (χ2v) is 2.69. The zero-order valence-corrected chi connectivity index (χ0v) is 9.17. The van der Waals surface area contributed by atoms with Crippen LogP contribution in [0.4, 0.5) is 0 Å². The third-order valence-corrected chi connectivity index (χ3v) is 1.81. The third-order valence-electron chi connectivity index (χ3n) is 1.81. The molecule has 0 aliphatic rings. The quantitative estimate of drug-likeness (QED) is 0.750. The Hall–Kier alpha value is -0.820. The van der Waals surface area contributed by atoms with Gasteiger partial charge in [-0.15, -0.1) is 0 Å². The minimum absolute atomic E-state index is 0.473. The zero-order chi connectivity index (χ0) is 10.1. The molecule has 1 rings (SSSR count). The van der Waals surface area contributed by atoms with E-state index in [1.807, 2.05) is 19.9 Å². The Kier molecular flexibility index (Phi) is 7.32. The van der Waals surface area contributed by atoms with Crippen LogP contribution in [0.25, 0.3) is 0 Å². The number of nitrogens with one attached hydrogen (secondary N) is 1. The van der Waals surface area contributed by atoms with Gasteiger partial charge in [0.05, 0.1) is 0 Å². The maximum absolute atomic E-state index is 3.36. The first kappa shape index (κ1) is 12.2. The molecular weight excluding hydrogens is 158 g/mol. The fourth-order valence-electron chi connectivity index (χ4n) is 1.17. The molecule has 0 unspecified atom stereocenters. The van der Waals surface area contributed by atoms with Gasteiger partial charge >= 0.3 is 0 Å². The van der Waals surface area contributed by atoms with Crippen molar-refractivity contribution in [2.45, 2.75) is 33.7 Å². The highest BCUT2D eigenvalue weighted by Gasteiger charge is 1.99. The highest BCUT2D eigenvalue weighted by molar-refractivity contribution is 5.17. The van der Waals surface area contributed by atoms with Crippen LogP contribution < -0.4 is 5.32 Å². The Bertz CT molecular complexity index is 194. The Balaban J connectivity index is 0.000000671. The van der Waals surface area contributed by atoms with Crippen molar-refractivity contribution in [1.29, 1.82) is 0 Å². The van der Waals surface area contributed by atoms with Gasteiger partial charge in [-0.05, 0) is 19.0 Å². The Morgan fingerprint density at radius 3 is 2.15 bits per heavy atom. The minimum atomic E-state index is 0.473. The lowest BCUT2D eigenvalue weighted by atomic mass is 10.1. The van der Waals surface area contributed by atoms with Gasteiger partial charge in [0.2, 0.25) is 0 Å². The van der Waals surface area contributed by atoms with Gasteiger partial charge in [-0.25, -0.2) is 0 Å². The minimum Gasteiger partial charge on any atom is -0.310 e. The molecule has 0 radical (unpaired) electrons. The number of benzene rings is 1. The number of hydrogen-bond acceptors (Lipinski definition) is 1. The van der Waals surface area contributed by atoms with Crippen LogP contribution in [0.1, 0.15) is 39.3 Å². The normalized spacial score (nSPS) is 11.4. The van der Waals surface area contributed by atoms with Crippen LogP contribution in [0.2, 0.25) is 0 Å². The van der Waals surface area contributed by atoms with Gasteiger partial charge in [-0.1, -0.05) is 51.1 Å². The summed E-state index contributed by atoms with van der Waals surface area (Å²) in [6.07, 6.45) is 0. The highest BCUT2D eigenvalue weighted by atomic mass is 14.9. The van der Waals surface area contributed by atoms with Crippen molar-refractivity contribution in [1.82, 2.24) is 5.32 Å². The molecule has 1 nitrogen and oxygen atoms in total. The Morgan fingerprint density at radius 2 is 1.69 bits per heavy atom. The highest BCUT2D eigenvalue weighted by Crippen LogP contribution is 2.09. The molecular formula is C12H21N. The predicted molar refractivity (Wildman–Crippen MR) is 59.9 cm³/mol. The molecule has 0 aliphatic heterocycles. The van der Waals surface area contributed by atoms with Crippen molar-refractivity contribution < 1.29 is 0 Å². The van der Waals surface area contributed by atoms with E-state index in [1.54, 1.807) is 0 Å². The summed E-state index contributed by atoms with van der Waals surface area (Å²) in [5, 5.41) is 3.36. The molecule has 0 saturated carbocycles. The van der Waals surface area contributed by atoms with Crippen LogP contribution in [0.5, 0.6) is 0 Å². The van der Waals surface area contributed by atoms with Gasteiger partial charge in [0, 0.05) is 6.04 Å². The Labute approximate surface area is 82.2 Å². The van der Waals surface area contributed by atoms with Gasteiger partial charge in [0.25, 0.3) is 0 Å². The predicted octanol–water partition coefficient (Wildman–Crippen LogP) is 3.38. The van der Waals surface area contributed by atoms with Crippen LogP contribution in [0.3, 0.4) is 0 Å². The summed E-state index contributed by atoms with van der Waals surface area (Å²) < 4.78 is 0. The van der Waals surface area contributed by atoms with Crippen LogP contribution in [0, 0.1) is 0 Å². The van der Waals surface area contributed by atoms with E-state index in [0.29, 0.717) is 6.04 Å². The van der Waals surface area contributed by atoms with Crippen molar-refractivity contribution >= 4 is 0 Å². The first-order valence-electron chi connectivity index (χ1n) is 5.13. The average molecular weight is 179 g/mol. The summed E-state index contributed by atoms with van der Waals surface area (Å²) in [6.45, 7) is 9.33. The molecule has 0 aromatic heterocycles. The molecule has 0 heterocycles. The van der Waals surface area contributed by atoms with Crippen molar-refractivity contribution in [3.63, 3.8) is 0 Å². The van der Waals surface area contributed by atoms with Crippen LogP contribution in [-0.2, 0) is 0 Å². The van der Waals surface area contributed by atoms with Crippen molar-refractivity contribution in [3.05, 3.63) is 35.9 Å². The molecule has 0 saturated heterocycles. The monoisotopic (exact) mass is 179 g/mol. The molecule has 1 aromatic carbocycles. The van der Waals surface area contributed by atoms with Gasteiger partial charge in [0.1, 0.15) is 0 Å². The number of rotatable bonds is 3. The molecule has 1 atom stereocenters. The van der Waals surface area contributed by atoms with E-state index in [0.717, 1.165) is 6.54 Å². The van der Waals surface area contributed by atoms with Crippen LogP contribution in [0.15, 0.2) is 30.3 Å². The molecule has 1 heteroatoms. The standard InChI is InChI=1S/C10H15N.C2H6/c1-3-11-9(2)10-7-5-4-6-8-10;1-2/h4-9,11H,3H2,1-2H3;1-2H3/t9-;/m1./s1. The Morgan fingerprint density at radius 1 is 1.15 bits per heavy atom. The van der Waals surface area contributed by atoms with E-state index in [1.165, 1.54) is 5.56 Å². The van der Waals surface area contributed by atoms with Gasteiger partial charge < -0.3 is 5.32 Å². The second-order valence-electron chi connectivity index (χ2n) is 2.69. The lowest BCUT2D eigenvalue weighted by Crippen LogP contribution is -2.17. The summed E-state index contributed by atoms with van der Waals surface area (Å²) in [7, 11) is 0. The SMILES string of the molecule is CC.CCN[C@H](C)c1ccccc1. The van der Waals surface area contributed by atoms with Crippen LogP contribution in [-0.4, -0.2) is 6.54 Å². The summed E-state index contributed by atoms with van der Waals surface area (Å²) in [4.78, 5) is 0. The van der Waals surface area contributed by atoms with E-state index in [-0.39, 0.29) is 0 Å². The number of hydrogen-bond donors (Lipinski definition) is 1. The topological polar surface area (TPSA) is 12.0 Å². The van der Waals surface area contributed by atoms with E-state index in [2.05, 4.69) is 43.4 Å². The molecule has 0 fully saturated rings. The smallest absolute Gasteiger partial charge is 0.0291 e. The lowest BCUT2D eigenvalue weighted by Gasteiger charge is -2.11. The molecule has 1 aromatic rings. The maximum Gasteiger partial charge on any atom is 0.0291 e. The van der Waals surface area contributed by atoms with E-state index >= 15 is 0 Å². The van der Waals surface area contributed by atoms with E-state index < -0.39 is 0 Å². The van der Waals surface area contributed by atoms with Crippen LogP contribution >= 0.6 is 0 Å². The average Bonchev–Trinajstić information content (AvgIpc) is 2.23. The lowest BCUT2D eigenvalue weighted by molar-refractivity contribution is 0.598. The second kappa shape index (κ2) is 7.81. The summed E-state index contributed by atoms with van der Waals surface area (Å²) >= 11 is 0. The fourth-order valence-corrected chi connectivity index (χ4v) is 1.17. The van der Waals surface area contributed by atoms with Gasteiger partial charge in [0.15, 0.2) is 0 Å². The molecule has 74 valence electrons. The van der Waals surface area contributed by atoms with Crippen molar-refractivity contribution in [2.24, 2.45) is 0 Å². The van der Waals surface area contributed by atoms with E-state index in [4.69, 9.17) is 0 Å². The molecule has 13 heavy (non-hydrogen) atoms. The fraction of sp³-hybridized carbons (Fsp3) is 0.500. The largest absolute Gasteiger partial charge is 0.310 e. The molecule has 0 aliphatic carbocycles. The zero-order valence-electron chi connectivity index (χ0n) is 9.17. The van der Waals surface area contributed by atoms with Gasteiger partial charge in [-0.2, -0.15) is 0 Å². The van der Waals surface area contributed by atoms with Gasteiger partial charge in [-0.3, -0.25) is 0 Å². The molecule has 0 spiro atoms. The molecule has 1 N–H and O–H groups in total. The maximum atomic E-state index is 3.36.